The second-order valence-electron chi connectivity index (χ2n) is 4.57. The first kappa shape index (κ1) is 17.1. The number of rotatable bonds is 8. The third-order valence-electron chi connectivity index (χ3n) is 2.67. The van der Waals surface area contributed by atoms with E-state index in [1.807, 2.05) is 6.92 Å². The minimum absolute atomic E-state index is 0.0587. The minimum Gasteiger partial charge on any atom is -0.465 e. The lowest BCUT2D eigenvalue weighted by molar-refractivity contribution is -0.144. The van der Waals surface area contributed by atoms with Crippen LogP contribution in [-0.2, 0) is 14.3 Å². The van der Waals surface area contributed by atoms with Gasteiger partial charge in [-0.05, 0) is 38.1 Å². The SMILES string of the molecule is CCCN(CC(=O)Nc1cccc(F)c1)CC(=O)OCC. The summed E-state index contributed by atoms with van der Waals surface area (Å²) in [4.78, 5) is 25.1. The van der Waals surface area contributed by atoms with Crippen LogP contribution in [0.3, 0.4) is 0 Å². The number of halogens is 1. The topological polar surface area (TPSA) is 58.6 Å². The summed E-state index contributed by atoms with van der Waals surface area (Å²) in [5.74, 6) is -1.06. The maximum Gasteiger partial charge on any atom is 0.320 e. The van der Waals surface area contributed by atoms with Gasteiger partial charge < -0.3 is 10.1 Å². The fraction of sp³-hybridized carbons (Fsp3) is 0.467. The van der Waals surface area contributed by atoms with Gasteiger partial charge in [0.05, 0.1) is 19.7 Å². The Kier molecular flexibility index (Phi) is 7.39. The third-order valence-corrected chi connectivity index (χ3v) is 2.67. The highest BCUT2D eigenvalue weighted by atomic mass is 19.1. The van der Waals surface area contributed by atoms with Crippen molar-refractivity contribution < 1.29 is 18.7 Å². The van der Waals surface area contributed by atoms with Gasteiger partial charge in [0.25, 0.3) is 0 Å². The Balaban J connectivity index is 2.53. The fourth-order valence-corrected chi connectivity index (χ4v) is 1.89. The molecule has 21 heavy (non-hydrogen) atoms. The van der Waals surface area contributed by atoms with E-state index >= 15 is 0 Å². The van der Waals surface area contributed by atoms with Gasteiger partial charge in [0.2, 0.25) is 5.91 Å². The Morgan fingerprint density at radius 3 is 2.67 bits per heavy atom. The third kappa shape index (κ3) is 6.85. The van der Waals surface area contributed by atoms with Crippen molar-refractivity contribution in [2.75, 3.05) is 31.6 Å². The van der Waals surface area contributed by atoms with Crippen molar-refractivity contribution in [3.63, 3.8) is 0 Å². The van der Waals surface area contributed by atoms with Gasteiger partial charge in [-0.2, -0.15) is 0 Å². The van der Waals surface area contributed by atoms with Gasteiger partial charge in [-0.25, -0.2) is 4.39 Å². The number of ether oxygens (including phenoxy) is 1. The number of esters is 1. The standard InChI is InChI=1S/C15H21FN2O3/c1-3-8-18(11-15(20)21-4-2)10-14(19)17-13-7-5-6-12(16)9-13/h5-7,9H,3-4,8,10-11H2,1-2H3,(H,17,19). The molecule has 116 valence electrons. The van der Waals surface area contributed by atoms with Gasteiger partial charge in [-0.15, -0.1) is 0 Å². The van der Waals surface area contributed by atoms with E-state index in [4.69, 9.17) is 4.74 Å². The van der Waals surface area contributed by atoms with E-state index in [0.29, 0.717) is 18.8 Å². The molecule has 0 aromatic heterocycles. The first-order chi connectivity index (χ1) is 10.0. The van der Waals surface area contributed by atoms with Crippen LogP contribution in [0.25, 0.3) is 0 Å². The molecule has 0 aliphatic carbocycles. The number of hydrogen-bond acceptors (Lipinski definition) is 4. The lowest BCUT2D eigenvalue weighted by Crippen LogP contribution is -2.38. The molecule has 0 atom stereocenters. The Labute approximate surface area is 124 Å². The molecule has 0 unspecified atom stereocenters. The number of nitrogens with one attached hydrogen (secondary N) is 1. The fourth-order valence-electron chi connectivity index (χ4n) is 1.89. The first-order valence-corrected chi connectivity index (χ1v) is 6.98. The van der Waals surface area contributed by atoms with Gasteiger partial charge in [-0.3, -0.25) is 14.5 Å². The molecule has 0 saturated heterocycles. The van der Waals surface area contributed by atoms with E-state index < -0.39 is 5.82 Å². The molecule has 6 heteroatoms. The van der Waals surface area contributed by atoms with E-state index in [0.717, 1.165) is 6.42 Å². The number of anilines is 1. The van der Waals surface area contributed by atoms with Crippen molar-refractivity contribution in [2.24, 2.45) is 0 Å². The molecule has 1 aromatic carbocycles. The van der Waals surface area contributed by atoms with Crippen molar-refractivity contribution >= 4 is 17.6 Å². The van der Waals surface area contributed by atoms with Gasteiger partial charge >= 0.3 is 5.97 Å². The molecular weight excluding hydrogens is 275 g/mol. The van der Waals surface area contributed by atoms with Crippen LogP contribution in [0.5, 0.6) is 0 Å². The number of carbonyl (C=O) groups is 2. The molecule has 0 aliphatic heterocycles. The Morgan fingerprint density at radius 1 is 1.29 bits per heavy atom. The van der Waals surface area contributed by atoms with Crippen LogP contribution in [0, 0.1) is 5.82 Å². The van der Waals surface area contributed by atoms with Crippen molar-refractivity contribution in [2.45, 2.75) is 20.3 Å². The molecule has 0 radical (unpaired) electrons. The van der Waals surface area contributed by atoms with E-state index in [-0.39, 0.29) is 25.0 Å². The zero-order valence-corrected chi connectivity index (χ0v) is 12.4. The average molecular weight is 296 g/mol. The molecule has 0 spiro atoms. The lowest BCUT2D eigenvalue weighted by atomic mass is 10.3. The maximum absolute atomic E-state index is 13.0. The molecule has 0 aliphatic rings. The molecule has 1 N–H and O–H groups in total. The zero-order valence-electron chi connectivity index (χ0n) is 12.4. The Morgan fingerprint density at radius 2 is 2.05 bits per heavy atom. The zero-order chi connectivity index (χ0) is 15.7. The van der Waals surface area contributed by atoms with Crippen LogP contribution < -0.4 is 5.32 Å². The number of amides is 1. The normalized spacial score (nSPS) is 10.5. The van der Waals surface area contributed by atoms with Crippen molar-refractivity contribution in [1.29, 1.82) is 0 Å². The van der Waals surface area contributed by atoms with Crippen molar-refractivity contribution in [3.05, 3.63) is 30.1 Å². The monoisotopic (exact) mass is 296 g/mol. The van der Waals surface area contributed by atoms with Gasteiger partial charge in [0.15, 0.2) is 0 Å². The van der Waals surface area contributed by atoms with Crippen LogP contribution in [-0.4, -0.2) is 43.0 Å². The van der Waals surface area contributed by atoms with Gasteiger partial charge in [0, 0.05) is 5.69 Å². The number of hydrogen-bond donors (Lipinski definition) is 1. The molecule has 5 nitrogen and oxygen atoms in total. The molecular formula is C15H21FN2O3. The molecule has 0 saturated carbocycles. The summed E-state index contributed by atoms with van der Waals surface area (Å²) in [7, 11) is 0. The second-order valence-corrected chi connectivity index (χ2v) is 4.57. The minimum atomic E-state index is -0.412. The Bertz CT molecular complexity index is 480. The summed E-state index contributed by atoms with van der Waals surface area (Å²) < 4.78 is 17.9. The lowest BCUT2D eigenvalue weighted by Gasteiger charge is -2.19. The summed E-state index contributed by atoms with van der Waals surface area (Å²) in [5.41, 5.74) is 0.396. The molecule has 0 heterocycles. The smallest absolute Gasteiger partial charge is 0.320 e. The quantitative estimate of drug-likeness (QED) is 0.746. The van der Waals surface area contributed by atoms with Gasteiger partial charge in [-0.1, -0.05) is 13.0 Å². The summed E-state index contributed by atoms with van der Waals surface area (Å²) in [6.45, 7) is 4.74. The van der Waals surface area contributed by atoms with Gasteiger partial charge in [0.1, 0.15) is 5.82 Å². The molecule has 0 bridgehead atoms. The first-order valence-electron chi connectivity index (χ1n) is 6.98. The average Bonchev–Trinajstić information content (AvgIpc) is 2.38. The highest BCUT2D eigenvalue weighted by molar-refractivity contribution is 5.92. The molecule has 1 rings (SSSR count). The van der Waals surface area contributed by atoms with E-state index in [2.05, 4.69) is 5.32 Å². The van der Waals surface area contributed by atoms with E-state index in [1.165, 1.54) is 18.2 Å². The van der Waals surface area contributed by atoms with Crippen molar-refractivity contribution in [1.82, 2.24) is 4.90 Å². The predicted molar refractivity (Wildman–Crippen MR) is 78.4 cm³/mol. The highest BCUT2D eigenvalue weighted by Crippen LogP contribution is 2.09. The van der Waals surface area contributed by atoms with Crippen LogP contribution in [0.4, 0.5) is 10.1 Å². The number of benzene rings is 1. The van der Waals surface area contributed by atoms with Crippen molar-refractivity contribution in [3.8, 4) is 0 Å². The molecule has 1 amide bonds. The molecule has 1 aromatic rings. The summed E-state index contributed by atoms with van der Waals surface area (Å²) in [6, 6.07) is 5.68. The second kappa shape index (κ2) is 9.07. The number of nitrogens with zero attached hydrogens (tertiary/aromatic N) is 1. The number of carbonyl (C=O) groups excluding carboxylic acids is 2. The van der Waals surface area contributed by atoms with Crippen LogP contribution >= 0.6 is 0 Å². The summed E-state index contributed by atoms with van der Waals surface area (Å²) in [5, 5.41) is 2.60. The molecule has 0 fully saturated rings. The van der Waals surface area contributed by atoms with Crippen LogP contribution in [0.1, 0.15) is 20.3 Å². The van der Waals surface area contributed by atoms with E-state index in [9.17, 15) is 14.0 Å². The predicted octanol–water partition coefficient (Wildman–Crippen LogP) is 2.04. The Hall–Kier alpha value is -1.95. The maximum atomic E-state index is 13.0. The summed E-state index contributed by atoms with van der Waals surface area (Å²) >= 11 is 0. The summed E-state index contributed by atoms with van der Waals surface area (Å²) in [6.07, 6.45) is 0.812. The van der Waals surface area contributed by atoms with Crippen LogP contribution in [0.2, 0.25) is 0 Å². The van der Waals surface area contributed by atoms with Crippen LogP contribution in [0.15, 0.2) is 24.3 Å². The largest absolute Gasteiger partial charge is 0.465 e. The van der Waals surface area contributed by atoms with E-state index in [1.54, 1.807) is 17.9 Å². The highest BCUT2D eigenvalue weighted by Gasteiger charge is 2.14.